The first-order valence-corrected chi connectivity index (χ1v) is 5.88. The number of aryl methyl sites for hydroxylation is 1. The fourth-order valence-corrected chi connectivity index (χ4v) is 1.76. The van der Waals surface area contributed by atoms with Crippen molar-refractivity contribution in [2.24, 2.45) is 0 Å². The van der Waals surface area contributed by atoms with Crippen molar-refractivity contribution < 1.29 is 13.2 Å². The zero-order valence-corrected chi connectivity index (χ0v) is 11.0. The van der Waals surface area contributed by atoms with Crippen molar-refractivity contribution >= 4 is 29.1 Å². The first-order valence-electron chi connectivity index (χ1n) is 5.50. The smallest absolute Gasteiger partial charge is 0.368 e. The Hall–Kier alpha value is -2.02. The Labute approximate surface area is 117 Å². The second kappa shape index (κ2) is 5.16. The SMILES string of the molecule is Cc1cnc(N)nc1Nc1ccc(Cl)c(C(F)(F)F)c1. The largest absolute Gasteiger partial charge is 0.417 e. The van der Waals surface area contributed by atoms with E-state index in [0.717, 1.165) is 6.07 Å². The van der Waals surface area contributed by atoms with E-state index in [1.54, 1.807) is 6.92 Å². The van der Waals surface area contributed by atoms with Crippen molar-refractivity contribution in [1.29, 1.82) is 0 Å². The van der Waals surface area contributed by atoms with E-state index in [1.165, 1.54) is 18.3 Å². The molecule has 0 amide bonds. The number of hydrogen-bond acceptors (Lipinski definition) is 4. The lowest BCUT2D eigenvalue weighted by Crippen LogP contribution is -2.07. The molecular weight excluding hydrogens is 293 g/mol. The molecule has 2 aromatic rings. The Morgan fingerprint density at radius 3 is 2.65 bits per heavy atom. The van der Waals surface area contributed by atoms with Gasteiger partial charge in [0.2, 0.25) is 5.95 Å². The minimum Gasteiger partial charge on any atom is -0.368 e. The van der Waals surface area contributed by atoms with Crippen molar-refractivity contribution in [3.63, 3.8) is 0 Å². The normalized spacial score (nSPS) is 11.4. The van der Waals surface area contributed by atoms with Gasteiger partial charge in [-0.25, -0.2) is 4.98 Å². The van der Waals surface area contributed by atoms with Crippen LogP contribution in [0, 0.1) is 6.92 Å². The molecular formula is C12H10ClF3N4. The van der Waals surface area contributed by atoms with E-state index >= 15 is 0 Å². The highest BCUT2D eigenvalue weighted by Gasteiger charge is 2.33. The molecule has 0 aliphatic heterocycles. The van der Waals surface area contributed by atoms with Crippen LogP contribution in [0.15, 0.2) is 24.4 Å². The number of aromatic nitrogens is 2. The zero-order valence-electron chi connectivity index (χ0n) is 10.3. The summed E-state index contributed by atoms with van der Waals surface area (Å²) in [4.78, 5) is 7.70. The topological polar surface area (TPSA) is 63.8 Å². The predicted molar refractivity (Wildman–Crippen MR) is 70.9 cm³/mol. The Bertz CT molecular complexity index is 643. The minimum atomic E-state index is -4.52. The zero-order chi connectivity index (χ0) is 14.9. The quantitative estimate of drug-likeness (QED) is 0.886. The number of nitrogens with zero attached hydrogens (tertiary/aromatic N) is 2. The summed E-state index contributed by atoms with van der Waals surface area (Å²) in [5.74, 6) is 0.371. The van der Waals surface area contributed by atoms with Crippen molar-refractivity contribution in [3.05, 3.63) is 40.5 Å². The van der Waals surface area contributed by atoms with E-state index in [1.807, 2.05) is 0 Å². The summed E-state index contributed by atoms with van der Waals surface area (Å²) in [6, 6.07) is 3.52. The first kappa shape index (κ1) is 14.4. The fraction of sp³-hybridized carbons (Fsp3) is 0.167. The predicted octanol–water partition coefficient (Wildman–Crippen LogP) is 3.78. The minimum absolute atomic E-state index is 0.0307. The summed E-state index contributed by atoms with van der Waals surface area (Å²) in [5, 5.41) is 2.40. The molecule has 0 aliphatic carbocycles. The summed E-state index contributed by atoms with van der Waals surface area (Å²) in [6.07, 6.45) is -3.04. The van der Waals surface area contributed by atoms with Gasteiger partial charge in [0.15, 0.2) is 0 Å². The summed E-state index contributed by atoms with van der Waals surface area (Å²) in [5.41, 5.74) is 5.39. The molecule has 0 saturated carbocycles. The highest BCUT2D eigenvalue weighted by atomic mass is 35.5. The van der Waals surface area contributed by atoms with Crippen LogP contribution in [-0.4, -0.2) is 9.97 Å². The van der Waals surface area contributed by atoms with Crippen LogP contribution < -0.4 is 11.1 Å². The molecule has 20 heavy (non-hydrogen) atoms. The molecule has 0 radical (unpaired) electrons. The molecule has 106 valence electrons. The molecule has 0 unspecified atom stereocenters. The van der Waals surface area contributed by atoms with Crippen LogP contribution in [0.4, 0.5) is 30.6 Å². The number of rotatable bonds is 2. The van der Waals surface area contributed by atoms with Crippen LogP contribution in [0.3, 0.4) is 0 Å². The van der Waals surface area contributed by atoms with Gasteiger partial charge in [0.25, 0.3) is 0 Å². The van der Waals surface area contributed by atoms with Gasteiger partial charge in [-0.05, 0) is 25.1 Å². The Kier molecular flexibility index (Phi) is 3.71. The average Bonchev–Trinajstić information content (AvgIpc) is 2.35. The lowest BCUT2D eigenvalue weighted by Gasteiger charge is -2.13. The number of benzene rings is 1. The third-order valence-corrected chi connectivity index (χ3v) is 2.85. The van der Waals surface area contributed by atoms with Gasteiger partial charge in [-0.1, -0.05) is 11.6 Å². The number of anilines is 3. The molecule has 0 spiro atoms. The monoisotopic (exact) mass is 302 g/mol. The number of hydrogen-bond donors (Lipinski definition) is 2. The van der Waals surface area contributed by atoms with Gasteiger partial charge < -0.3 is 11.1 Å². The van der Waals surface area contributed by atoms with Crippen LogP contribution in [0.5, 0.6) is 0 Å². The average molecular weight is 303 g/mol. The first-order chi connectivity index (χ1) is 9.27. The summed E-state index contributed by atoms with van der Waals surface area (Å²) >= 11 is 5.55. The molecule has 1 aromatic carbocycles. The standard InChI is InChI=1S/C12H10ClF3N4/c1-6-5-18-11(17)20-10(6)19-7-2-3-9(13)8(4-7)12(14,15)16/h2-5H,1H3,(H3,17,18,19,20). The van der Waals surface area contributed by atoms with Crippen molar-refractivity contribution in [2.45, 2.75) is 13.1 Å². The van der Waals surface area contributed by atoms with E-state index in [4.69, 9.17) is 17.3 Å². The molecule has 0 aliphatic rings. The van der Waals surface area contributed by atoms with E-state index in [0.29, 0.717) is 11.4 Å². The Balaban J connectivity index is 2.37. The van der Waals surface area contributed by atoms with Crippen LogP contribution in [-0.2, 0) is 6.18 Å². The number of nitrogens with two attached hydrogens (primary N) is 1. The Morgan fingerprint density at radius 2 is 2.00 bits per heavy atom. The van der Waals surface area contributed by atoms with Crippen molar-refractivity contribution in [3.8, 4) is 0 Å². The van der Waals surface area contributed by atoms with E-state index in [2.05, 4.69) is 15.3 Å². The maximum Gasteiger partial charge on any atom is 0.417 e. The van der Waals surface area contributed by atoms with Gasteiger partial charge >= 0.3 is 6.18 Å². The maximum absolute atomic E-state index is 12.8. The lowest BCUT2D eigenvalue weighted by molar-refractivity contribution is -0.137. The number of nitrogen functional groups attached to an aromatic ring is 1. The van der Waals surface area contributed by atoms with Crippen LogP contribution in [0.2, 0.25) is 5.02 Å². The summed E-state index contributed by atoms with van der Waals surface area (Å²) < 4.78 is 38.3. The third-order valence-electron chi connectivity index (χ3n) is 2.52. The van der Waals surface area contributed by atoms with Gasteiger partial charge in [-0.2, -0.15) is 18.2 Å². The molecule has 8 heteroatoms. The number of nitrogens with one attached hydrogen (secondary N) is 1. The second-order valence-corrected chi connectivity index (χ2v) is 4.48. The van der Waals surface area contributed by atoms with Gasteiger partial charge in [0, 0.05) is 17.4 Å². The van der Waals surface area contributed by atoms with Crippen LogP contribution in [0.25, 0.3) is 0 Å². The fourth-order valence-electron chi connectivity index (χ4n) is 1.54. The van der Waals surface area contributed by atoms with Gasteiger partial charge in [-0.15, -0.1) is 0 Å². The van der Waals surface area contributed by atoms with E-state index < -0.39 is 11.7 Å². The molecule has 3 N–H and O–H groups in total. The highest BCUT2D eigenvalue weighted by molar-refractivity contribution is 6.31. The molecule has 0 bridgehead atoms. The third kappa shape index (κ3) is 3.11. The molecule has 0 atom stereocenters. The molecule has 2 rings (SSSR count). The summed E-state index contributed by atoms with van der Waals surface area (Å²) in [6.45, 7) is 1.71. The maximum atomic E-state index is 12.8. The molecule has 0 saturated heterocycles. The van der Waals surface area contributed by atoms with Gasteiger partial charge in [0.05, 0.1) is 10.6 Å². The number of alkyl halides is 3. The highest BCUT2D eigenvalue weighted by Crippen LogP contribution is 2.36. The number of halogens is 4. The molecule has 1 aromatic heterocycles. The van der Waals surface area contributed by atoms with Crippen LogP contribution >= 0.6 is 11.6 Å². The van der Waals surface area contributed by atoms with E-state index in [9.17, 15) is 13.2 Å². The van der Waals surface area contributed by atoms with Crippen molar-refractivity contribution in [1.82, 2.24) is 9.97 Å². The lowest BCUT2D eigenvalue weighted by atomic mass is 10.2. The molecule has 4 nitrogen and oxygen atoms in total. The molecule has 0 fully saturated rings. The van der Waals surface area contributed by atoms with Gasteiger partial charge in [-0.3, -0.25) is 0 Å². The summed E-state index contributed by atoms with van der Waals surface area (Å²) in [7, 11) is 0. The second-order valence-electron chi connectivity index (χ2n) is 4.08. The molecule has 1 heterocycles. The Morgan fingerprint density at radius 1 is 1.30 bits per heavy atom. The van der Waals surface area contributed by atoms with E-state index in [-0.39, 0.29) is 16.7 Å². The van der Waals surface area contributed by atoms with Crippen LogP contribution in [0.1, 0.15) is 11.1 Å². The van der Waals surface area contributed by atoms with Gasteiger partial charge in [0.1, 0.15) is 5.82 Å². The van der Waals surface area contributed by atoms with Crippen molar-refractivity contribution in [2.75, 3.05) is 11.1 Å².